The van der Waals surface area contributed by atoms with Crippen molar-refractivity contribution in [2.75, 3.05) is 6.54 Å². The van der Waals surface area contributed by atoms with Crippen LogP contribution in [0.15, 0.2) is 40.6 Å². The highest BCUT2D eigenvalue weighted by Gasteiger charge is 2.38. The average molecular weight is 437 g/mol. The smallest absolute Gasteiger partial charge is 0.262 e. The number of hydrogen-bond acceptors (Lipinski definition) is 5. The molecule has 0 aliphatic carbocycles. The Morgan fingerprint density at radius 2 is 1.83 bits per heavy atom. The van der Waals surface area contributed by atoms with E-state index >= 15 is 0 Å². The maximum absolute atomic E-state index is 13.3. The number of carbonyl (C=O) groups excluding carboxylic acids is 1. The molecule has 0 radical (unpaired) electrons. The number of aliphatic hydroxyl groups excluding tert-OH is 1. The van der Waals surface area contributed by atoms with Gasteiger partial charge in [-0.05, 0) is 50.6 Å². The number of thiophene rings is 1. The lowest BCUT2D eigenvalue weighted by molar-refractivity contribution is 0.0917. The largest absolute Gasteiger partial charge is 0.387 e. The first-order valence-electron chi connectivity index (χ1n) is 9.85. The molecule has 1 aromatic heterocycles. The molecule has 2 aromatic rings. The second-order valence-corrected chi connectivity index (χ2v) is 10.4. The van der Waals surface area contributed by atoms with Crippen LogP contribution in [0.1, 0.15) is 60.0 Å². The van der Waals surface area contributed by atoms with Crippen LogP contribution in [-0.4, -0.2) is 42.4 Å². The Morgan fingerprint density at radius 1 is 1.21 bits per heavy atom. The van der Waals surface area contributed by atoms with Crippen molar-refractivity contribution in [3.8, 4) is 0 Å². The lowest BCUT2D eigenvalue weighted by Crippen LogP contribution is -2.47. The number of benzene rings is 1. The van der Waals surface area contributed by atoms with E-state index in [1.807, 2.05) is 45.0 Å². The number of amides is 1. The molecule has 0 unspecified atom stereocenters. The fraction of sp³-hybridized carbons (Fsp3) is 0.476. The van der Waals surface area contributed by atoms with Gasteiger partial charge in [0.2, 0.25) is 10.0 Å². The summed E-state index contributed by atoms with van der Waals surface area (Å²) in [6, 6.07) is 8.72. The summed E-state index contributed by atoms with van der Waals surface area (Å²) in [5.74, 6) is -0.484. The third-order valence-corrected chi connectivity index (χ3v) is 8.63. The van der Waals surface area contributed by atoms with Crippen LogP contribution < -0.4 is 5.32 Å². The second kappa shape index (κ2) is 8.95. The van der Waals surface area contributed by atoms with E-state index in [1.165, 1.54) is 10.4 Å². The van der Waals surface area contributed by atoms with Gasteiger partial charge in [0.1, 0.15) is 9.77 Å². The Labute approximate surface area is 176 Å². The Bertz CT molecular complexity index is 943. The van der Waals surface area contributed by atoms with Gasteiger partial charge in [-0.1, -0.05) is 36.2 Å². The van der Waals surface area contributed by atoms with E-state index in [2.05, 4.69) is 5.32 Å². The van der Waals surface area contributed by atoms with Crippen LogP contribution in [0.5, 0.6) is 0 Å². The fourth-order valence-corrected chi connectivity index (χ4v) is 7.03. The second-order valence-electron chi connectivity index (χ2n) is 7.71. The Morgan fingerprint density at radius 3 is 2.45 bits per heavy atom. The van der Waals surface area contributed by atoms with Gasteiger partial charge < -0.3 is 10.4 Å². The van der Waals surface area contributed by atoms with Crippen LogP contribution in [0.25, 0.3) is 0 Å². The first-order valence-corrected chi connectivity index (χ1v) is 12.2. The van der Waals surface area contributed by atoms with E-state index < -0.39 is 22.0 Å². The number of aliphatic hydroxyl groups is 1. The zero-order valence-corrected chi connectivity index (χ0v) is 18.6. The standard InChI is InChI=1S/C21H28N2O4S2/c1-14-7-9-17(10-8-14)18(24)13-22-21(25)20-19(11-12-28-20)29(26,27)23-15(2)5-4-6-16(23)3/h7-12,15-16,18,24H,4-6,13H2,1-3H3,(H,22,25)/t15-,16+,18-/m1/s1. The van der Waals surface area contributed by atoms with Gasteiger partial charge in [0, 0.05) is 18.6 Å². The highest BCUT2D eigenvalue weighted by molar-refractivity contribution is 7.89. The highest BCUT2D eigenvalue weighted by Crippen LogP contribution is 2.32. The lowest BCUT2D eigenvalue weighted by Gasteiger charge is -2.37. The van der Waals surface area contributed by atoms with Crippen LogP contribution in [-0.2, 0) is 10.0 Å². The maximum Gasteiger partial charge on any atom is 0.262 e. The first-order chi connectivity index (χ1) is 13.7. The van der Waals surface area contributed by atoms with E-state index in [9.17, 15) is 18.3 Å². The minimum Gasteiger partial charge on any atom is -0.387 e. The highest BCUT2D eigenvalue weighted by atomic mass is 32.2. The minimum atomic E-state index is -3.77. The molecule has 1 amide bonds. The summed E-state index contributed by atoms with van der Waals surface area (Å²) in [6.45, 7) is 5.80. The van der Waals surface area contributed by atoms with Crippen molar-refractivity contribution in [2.24, 2.45) is 0 Å². The van der Waals surface area contributed by atoms with E-state index in [0.29, 0.717) is 5.56 Å². The molecular formula is C21H28N2O4S2. The van der Waals surface area contributed by atoms with E-state index in [0.717, 1.165) is 36.2 Å². The number of nitrogens with one attached hydrogen (secondary N) is 1. The van der Waals surface area contributed by atoms with Crippen LogP contribution in [0.2, 0.25) is 0 Å². The number of hydrogen-bond donors (Lipinski definition) is 2. The molecular weight excluding hydrogens is 408 g/mol. The molecule has 1 aliphatic heterocycles. The number of rotatable bonds is 6. The predicted octanol–water partition coefficient (Wildman–Crippen LogP) is 3.47. The van der Waals surface area contributed by atoms with Crippen LogP contribution >= 0.6 is 11.3 Å². The Hall–Kier alpha value is -1.74. The molecule has 3 atom stereocenters. The predicted molar refractivity (Wildman–Crippen MR) is 115 cm³/mol. The van der Waals surface area contributed by atoms with Gasteiger partial charge in [-0.2, -0.15) is 4.31 Å². The van der Waals surface area contributed by atoms with Crippen molar-refractivity contribution in [1.82, 2.24) is 9.62 Å². The van der Waals surface area contributed by atoms with Crippen molar-refractivity contribution in [2.45, 2.75) is 63.1 Å². The summed E-state index contributed by atoms with van der Waals surface area (Å²) in [5.41, 5.74) is 1.78. The van der Waals surface area contributed by atoms with Gasteiger partial charge in [0.25, 0.3) is 5.91 Å². The maximum atomic E-state index is 13.3. The molecule has 1 aromatic carbocycles. The van der Waals surface area contributed by atoms with Crippen LogP contribution in [0, 0.1) is 6.92 Å². The Balaban J connectivity index is 1.75. The topological polar surface area (TPSA) is 86.7 Å². The van der Waals surface area contributed by atoms with Crippen molar-refractivity contribution >= 4 is 27.3 Å². The van der Waals surface area contributed by atoms with Gasteiger partial charge in [-0.3, -0.25) is 4.79 Å². The third kappa shape index (κ3) is 4.71. The summed E-state index contributed by atoms with van der Waals surface area (Å²) in [4.78, 5) is 12.9. The third-order valence-electron chi connectivity index (χ3n) is 5.42. The van der Waals surface area contributed by atoms with Crippen LogP contribution in [0.4, 0.5) is 0 Å². The molecule has 1 saturated heterocycles. The molecule has 6 nitrogen and oxygen atoms in total. The van der Waals surface area contributed by atoms with Crippen LogP contribution in [0.3, 0.4) is 0 Å². The van der Waals surface area contributed by atoms with Crippen molar-refractivity contribution in [3.63, 3.8) is 0 Å². The quantitative estimate of drug-likeness (QED) is 0.726. The summed E-state index contributed by atoms with van der Waals surface area (Å²) in [7, 11) is -3.77. The zero-order valence-electron chi connectivity index (χ0n) is 17.0. The number of sulfonamides is 1. The molecule has 2 N–H and O–H groups in total. The molecule has 0 bridgehead atoms. The molecule has 3 rings (SSSR count). The lowest BCUT2D eigenvalue weighted by atomic mass is 10.0. The summed E-state index contributed by atoms with van der Waals surface area (Å²) in [6.07, 6.45) is 1.78. The summed E-state index contributed by atoms with van der Waals surface area (Å²) in [5, 5.41) is 14.6. The molecule has 2 heterocycles. The number of aryl methyl sites for hydroxylation is 1. The van der Waals surface area contributed by atoms with Gasteiger partial charge in [-0.25, -0.2) is 8.42 Å². The summed E-state index contributed by atoms with van der Waals surface area (Å²) >= 11 is 1.10. The number of piperidine rings is 1. The molecule has 1 fully saturated rings. The molecule has 158 valence electrons. The monoisotopic (exact) mass is 436 g/mol. The normalized spacial score (nSPS) is 21.7. The van der Waals surface area contributed by atoms with Crippen molar-refractivity contribution in [1.29, 1.82) is 0 Å². The van der Waals surface area contributed by atoms with E-state index in [1.54, 1.807) is 5.38 Å². The van der Waals surface area contributed by atoms with Gasteiger partial charge >= 0.3 is 0 Å². The fourth-order valence-electron chi connectivity index (χ4n) is 3.83. The van der Waals surface area contributed by atoms with Gasteiger partial charge in [0.05, 0.1) is 6.10 Å². The van der Waals surface area contributed by atoms with Crippen molar-refractivity contribution in [3.05, 3.63) is 51.7 Å². The summed E-state index contributed by atoms with van der Waals surface area (Å²) < 4.78 is 28.1. The van der Waals surface area contributed by atoms with E-state index in [4.69, 9.17) is 0 Å². The number of carbonyl (C=O) groups is 1. The van der Waals surface area contributed by atoms with Gasteiger partial charge in [0.15, 0.2) is 0 Å². The van der Waals surface area contributed by atoms with Crippen molar-refractivity contribution < 1.29 is 18.3 Å². The molecule has 8 heteroatoms. The molecule has 29 heavy (non-hydrogen) atoms. The van der Waals surface area contributed by atoms with E-state index in [-0.39, 0.29) is 28.4 Å². The van der Waals surface area contributed by atoms with Gasteiger partial charge in [-0.15, -0.1) is 11.3 Å². The molecule has 0 spiro atoms. The Kier molecular flexibility index (Phi) is 6.78. The first kappa shape index (κ1) is 22.0. The molecule has 0 saturated carbocycles. The average Bonchev–Trinajstić information content (AvgIpc) is 3.17. The SMILES string of the molecule is Cc1ccc([C@H](O)CNC(=O)c2sccc2S(=O)(=O)N2[C@H](C)CCC[C@@H]2C)cc1. The number of nitrogens with zero attached hydrogens (tertiary/aromatic N) is 1. The molecule has 1 aliphatic rings. The zero-order chi connectivity index (χ0) is 21.2. The minimum absolute atomic E-state index is 0.00972.